The molecule has 2 aromatic rings. The minimum absolute atomic E-state index is 0.0233. The van der Waals surface area contributed by atoms with Gasteiger partial charge in [0.1, 0.15) is 0 Å². The van der Waals surface area contributed by atoms with E-state index >= 15 is 0 Å². The van der Waals surface area contributed by atoms with Crippen LogP contribution < -0.4 is 0 Å². The summed E-state index contributed by atoms with van der Waals surface area (Å²) in [5, 5.41) is 5.67. The maximum Gasteiger partial charge on any atom is 0.170 e. The van der Waals surface area contributed by atoms with Crippen LogP contribution in [0.25, 0.3) is 11.0 Å². The van der Waals surface area contributed by atoms with Gasteiger partial charge in [0.15, 0.2) is 5.58 Å². The molecule has 1 atom stereocenters. The summed E-state index contributed by atoms with van der Waals surface area (Å²) in [5.74, 6) is 1.65. The number of fused-ring (bicyclic) bond motifs is 3. The van der Waals surface area contributed by atoms with Gasteiger partial charge < -0.3 is 9.42 Å². The molecule has 3 nitrogen and oxygen atoms in total. The van der Waals surface area contributed by atoms with Gasteiger partial charge in [-0.05, 0) is 72.8 Å². The lowest BCUT2D eigenvalue weighted by molar-refractivity contribution is -0.0553. The number of hydrogen-bond acceptors (Lipinski definition) is 3. The zero-order chi connectivity index (χ0) is 21.3. The van der Waals surface area contributed by atoms with E-state index in [1.807, 2.05) is 0 Å². The van der Waals surface area contributed by atoms with E-state index in [9.17, 15) is 0 Å². The zero-order valence-corrected chi connectivity index (χ0v) is 20.0. The minimum Gasteiger partial charge on any atom is -0.356 e. The summed E-state index contributed by atoms with van der Waals surface area (Å²) in [6.45, 7) is 17.9. The number of aromatic nitrogens is 1. The van der Waals surface area contributed by atoms with E-state index < -0.39 is 0 Å². The molecule has 0 unspecified atom stereocenters. The third-order valence-corrected chi connectivity index (χ3v) is 8.46. The first-order chi connectivity index (χ1) is 14.0. The topological polar surface area (TPSA) is 29.3 Å². The highest BCUT2D eigenvalue weighted by molar-refractivity contribution is 5.85. The molecule has 5 rings (SSSR count). The van der Waals surface area contributed by atoms with E-state index in [1.54, 1.807) is 0 Å². The molecule has 0 amide bonds. The summed E-state index contributed by atoms with van der Waals surface area (Å²) >= 11 is 0. The van der Waals surface area contributed by atoms with E-state index in [0.29, 0.717) is 10.8 Å². The van der Waals surface area contributed by atoms with Crippen LogP contribution >= 0.6 is 0 Å². The number of rotatable bonds is 2. The highest BCUT2D eigenvalue weighted by Gasteiger charge is 2.47. The lowest BCUT2D eigenvalue weighted by Gasteiger charge is -2.55. The minimum atomic E-state index is 0.0233. The third-order valence-electron chi connectivity index (χ3n) is 8.46. The second-order valence-corrected chi connectivity index (χ2v) is 12.9. The average molecular weight is 409 g/mol. The molecule has 2 aliphatic carbocycles. The number of likely N-dealkylation sites (tertiary alicyclic amines) is 1. The monoisotopic (exact) mass is 408 g/mol. The van der Waals surface area contributed by atoms with Crippen molar-refractivity contribution >= 4 is 11.0 Å². The van der Waals surface area contributed by atoms with Gasteiger partial charge in [-0.2, -0.15) is 0 Å². The Morgan fingerprint density at radius 3 is 2.37 bits per heavy atom. The van der Waals surface area contributed by atoms with Crippen LogP contribution in [-0.4, -0.2) is 29.7 Å². The van der Waals surface area contributed by atoms with Gasteiger partial charge in [-0.25, -0.2) is 0 Å². The van der Waals surface area contributed by atoms with Gasteiger partial charge in [0.25, 0.3) is 0 Å². The maximum absolute atomic E-state index is 5.88. The Kier molecular flexibility index (Phi) is 4.67. The smallest absolute Gasteiger partial charge is 0.170 e. The predicted octanol–water partition coefficient (Wildman–Crippen LogP) is 6.38. The maximum atomic E-state index is 5.88. The fourth-order valence-electron chi connectivity index (χ4n) is 6.67. The first-order valence-electron chi connectivity index (χ1n) is 12.2. The highest BCUT2D eigenvalue weighted by atomic mass is 16.5. The Bertz CT molecular complexity index is 926. The number of nitrogens with zero attached hydrogens (tertiary/aromatic N) is 2. The fourth-order valence-corrected chi connectivity index (χ4v) is 6.67. The molecule has 164 valence electrons. The molecule has 2 heterocycles. The summed E-state index contributed by atoms with van der Waals surface area (Å²) in [7, 11) is 0. The highest BCUT2D eigenvalue weighted by Crippen LogP contribution is 2.50. The van der Waals surface area contributed by atoms with Crippen LogP contribution in [0.3, 0.4) is 0 Å². The van der Waals surface area contributed by atoms with Crippen LogP contribution in [-0.2, 0) is 18.3 Å². The van der Waals surface area contributed by atoms with Gasteiger partial charge in [-0.3, -0.25) is 0 Å². The van der Waals surface area contributed by atoms with Crippen LogP contribution in [0.4, 0.5) is 0 Å². The second kappa shape index (κ2) is 6.82. The van der Waals surface area contributed by atoms with Gasteiger partial charge >= 0.3 is 0 Å². The van der Waals surface area contributed by atoms with Gasteiger partial charge in [-0.1, -0.05) is 52.8 Å². The molecule has 1 aromatic heterocycles. The first-order valence-corrected chi connectivity index (χ1v) is 12.2. The molecule has 30 heavy (non-hydrogen) atoms. The lowest BCUT2D eigenvalue weighted by atomic mass is 9.61. The predicted molar refractivity (Wildman–Crippen MR) is 124 cm³/mol. The van der Waals surface area contributed by atoms with Crippen molar-refractivity contribution in [3.05, 3.63) is 29.0 Å². The molecule has 1 saturated heterocycles. The Hall–Kier alpha value is -1.35. The van der Waals surface area contributed by atoms with Crippen molar-refractivity contribution in [2.45, 2.75) is 85.5 Å². The van der Waals surface area contributed by atoms with E-state index in [4.69, 9.17) is 4.52 Å². The molecule has 0 radical (unpaired) electrons. The van der Waals surface area contributed by atoms with Crippen molar-refractivity contribution in [3.8, 4) is 0 Å². The molecular weight excluding hydrogens is 368 g/mol. The molecule has 0 N–H and O–H groups in total. The SMILES string of the molecule is CC(C)(C)c1noc2c3c(ccc12)C[C@H](CN1CC2(CCC(C(C)(C)C)CC2)C1)C3. The molecule has 0 bridgehead atoms. The van der Waals surface area contributed by atoms with Crippen molar-refractivity contribution in [3.63, 3.8) is 0 Å². The third kappa shape index (κ3) is 3.51. The summed E-state index contributed by atoms with van der Waals surface area (Å²) in [6, 6.07) is 4.59. The van der Waals surface area contributed by atoms with Gasteiger partial charge in [0, 0.05) is 36.0 Å². The van der Waals surface area contributed by atoms with Crippen LogP contribution in [0, 0.1) is 22.7 Å². The summed E-state index contributed by atoms with van der Waals surface area (Å²) in [5.41, 5.74) is 6.23. The fraction of sp³-hybridized carbons (Fsp3) is 0.741. The summed E-state index contributed by atoms with van der Waals surface area (Å²) < 4.78 is 5.88. The largest absolute Gasteiger partial charge is 0.356 e. The van der Waals surface area contributed by atoms with E-state index in [2.05, 4.69) is 63.7 Å². The number of benzene rings is 1. The van der Waals surface area contributed by atoms with Crippen molar-refractivity contribution in [2.75, 3.05) is 19.6 Å². The Balaban J connectivity index is 1.20. The van der Waals surface area contributed by atoms with Gasteiger partial charge in [-0.15, -0.1) is 0 Å². The number of hydrogen-bond donors (Lipinski definition) is 0. The van der Waals surface area contributed by atoms with Crippen LogP contribution in [0.2, 0.25) is 0 Å². The van der Waals surface area contributed by atoms with Crippen LogP contribution in [0.5, 0.6) is 0 Å². The molecule has 1 aromatic carbocycles. The van der Waals surface area contributed by atoms with Gasteiger partial charge in [0.2, 0.25) is 0 Å². The Labute approximate surface area is 182 Å². The van der Waals surface area contributed by atoms with Gasteiger partial charge in [0.05, 0.1) is 5.69 Å². The van der Waals surface area contributed by atoms with Crippen molar-refractivity contribution in [2.24, 2.45) is 22.7 Å². The van der Waals surface area contributed by atoms with Crippen molar-refractivity contribution in [1.82, 2.24) is 10.1 Å². The molecule has 1 spiro atoms. The normalized spacial score (nSPS) is 25.1. The molecule has 1 aliphatic heterocycles. The zero-order valence-electron chi connectivity index (χ0n) is 20.0. The Morgan fingerprint density at radius 2 is 1.73 bits per heavy atom. The second-order valence-electron chi connectivity index (χ2n) is 12.9. The lowest BCUT2D eigenvalue weighted by Crippen LogP contribution is -2.58. The summed E-state index contributed by atoms with van der Waals surface area (Å²) in [6.07, 6.45) is 8.13. The molecular formula is C27H40N2O. The summed E-state index contributed by atoms with van der Waals surface area (Å²) in [4.78, 5) is 2.74. The van der Waals surface area contributed by atoms with Crippen LogP contribution in [0.15, 0.2) is 16.7 Å². The molecule has 2 fully saturated rings. The molecule has 3 aliphatic rings. The first kappa shape index (κ1) is 20.5. The van der Waals surface area contributed by atoms with Crippen molar-refractivity contribution < 1.29 is 4.52 Å². The Morgan fingerprint density at radius 1 is 1.03 bits per heavy atom. The molecule has 3 heteroatoms. The quantitative estimate of drug-likeness (QED) is 0.577. The van der Waals surface area contributed by atoms with Crippen LogP contribution in [0.1, 0.15) is 84.0 Å². The van der Waals surface area contributed by atoms with E-state index in [-0.39, 0.29) is 5.41 Å². The average Bonchev–Trinajstić information content (AvgIpc) is 3.22. The molecule has 1 saturated carbocycles. The van der Waals surface area contributed by atoms with E-state index in [0.717, 1.165) is 29.5 Å². The van der Waals surface area contributed by atoms with Crippen molar-refractivity contribution in [1.29, 1.82) is 0 Å². The van der Waals surface area contributed by atoms with E-state index in [1.165, 1.54) is 68.3 Å². The standard InChI is InChI=1S/C27H40N2O/c1-25(2,3)20-9-11-27(12-10-20)16-29(17-27)15-18-13-19-7-8-21-23(22(19)14-18)30-28-24(21)26(4,5)6/h7-8,18,20H,9-17H2,1-6H3/t18-/m0/s1.